The maximum Gasteiger partial charge on any atom is 0.258 e. The molecule has 1 saturated carbocycles. The monoisotopic (exact) mass is 406 g/mol. The number of rotatable bonds is 4. The zero-order chi connectivity index (χ0) is 20.9. The number of morpholine rings is 1. The Labute approximate surface area is 175 Å². The molecule has 0 radical (unpaired) electrons. The Bertz CT molecular complexity index is 1100. The van der Waals surface area contributed by atoms with Gasteiger partial charge in [-0.3, -0.25) is 4.79 Å². The molecule has 3 aromatic rings. The van der Waals surface area contributed by atoms with Crippen LogP contribution in [0.3, 0.4) is 0 Å². The number of ether oxygens (including phenoxy) is 1. The Balaban J connectivity index is 1.46. The van der Waals surface area contributed by atoms with Gasteiger partial charge in [-0.05, 0) is 39.2 Å². The molecule has 30 heavy (non-hydrogen) atoms. The van der Waals surface area contributed by atoms with Gasteiger partial charge in [-0.1, -0.05) is 29.8 Å². The van der Waals surface area contributed by atoms with Crippen molar-refractivity contribution in [3.05, 3.63) is 53.0 Å². The van der Waals surface area contributed by atoms with E-state index in [1.54, 1.807) is 0 Å². The minimum atomic E-state index is -0.138. The minimum Gasteiger partial charge on any atom is -0.442 e. The van der Waals surface area contributed by atoms with Crippen LogP contribution in [0.4, 0.5) is 5.82 Å². The summed E-state index contributed by atoms with van der Waals surface area (Å²) < 4.78 is 11.8. The molecule has 2 fully saturated rings. The number of nitrogens with zero attached hydrogens (tertiary/aromatic N) is 3. The first-order chi connectivity index (χ1) is 14.4. The van der Waals surface area contributed by atoms with Gasteiger partial charge in [-0.15, -0.1) is 0 Å². The quantitative estimate of drug-likeness (QED) is 0.705. The van der Waals surface area contributed by atoms with E-state index in [1.165, 1.54) is 11.9 Å². The maximum absolute atomic E-state index is 13.6. The minimum absolute atomic E-state index is 0.0300. The topological polar surface area (TPSA) is 80.5 Å². The van der Waals surface area contributed by atoms with Crippen LogP contribution in [0.1, 0.15) is 53.1 Å². The van der Waals surface area contributed by atoms with E-state index in [0.717, 1.165) is 18.4 Å². The van der Waals surface area contributed by atoms with Crippen LogP contribution < -0.4 is 5.32 Å². The Morgan fingerprint density at radius 1 is 1.20 bits per heavy atom. The van der Waals surface area contributed by atoms with E-state index in [0.29, 0.717) is 47.9 Å². The van der Waals surface area contributed by atoms with Crippen LogP contribution in [0.5, 0.6) is 0 Å². The van der Waals surface area contributed by atoms with Crippen molar-refractivity contribution in [3.63, 3.8) is 0 Å². The Morgan fingerprint density at radius 3 is 2.70 bits per heavy atom. The van der Waals surface area contributed by atoms with Gasteiger partial charge in [0.2, 0.25) is 5.71 Å². The molecule has 0 bridgehead atoms. The van der Waals surface area contributed by atoms with Crippen molar-refractivity contribution in [3.8, 4) is 0 Å². The number of fused-ring (bicyclic) bond motifs is 1. The number of aryl methyl sites for hydroxylation is 2. The largest absolute Gasteiger partial charge is 0.442 e. The molecule has 1 amide bonds. The third kappa shape index (κ3) is 3.43. The van der Waals surface area contributed by atoms with Gasteiger partial charge >= 0.3 is 0 Å². The number of furan rings is 1. The molecule has 1 N–H and O–H groups in total. The molecule has 5 rings (SSSR count). The van der Waals surface area contributed by atoms with Crippen LogP contribution in [0.25, 0.3) is 11.1 Å². The van der Waals surface area contributed by atoms with Crippen molar-refractivity contribution in [2.45, 2.75) is 45.3 Å². The van der Waals surface area contributed by atoms with Crippen molar-refractivity contribution >= 4 is 22.8 Å². The lowest BCUT2D eigenvalue weighted by atomic mass is 10.0. The van der Waals surface area contributed by atoms with Crippen LogP contribution in [-0.4, -0.2) is 46.0 Å². The van der Waals surface area contributed by atoms with E-state index >= 15 is 0 Å². The van der Waals surface area contributed by atoms with Crippen molar-refractivity contribution in [1.29, 1.82) is 0 Å². The molecule has 3 heterocycles. The zero-order valence-electron chi connectivity index (χ0n) is 17.6. The molecule has 7 nitrogen and oxygen atoms in total. The van der Waals surface area contributed by atoms with E-state index < -0.39 is 0 Å². The highest BCUT2D eigenvalue weighted by molar-refractivity contribution is 6.10. The molecule has 156 valence electrons. The highest BCUT2D eigenvalue weighted by atomic mass is 16.5. The smallest absolute Gasteiger partial charge is 0.258 e. The standard InChI is InChI=1S/C23H26N4O3/c1-14-4-6-16(7-5-14)17-12-27(10-11-29-17)22(28)18-15(2)30-21-19(18)20(24-13-25-21)26-23(3)8-9-23/h4-7,13,17H,8-12H2,1-3H3,(H,24,25,26). The lowest BCUT2D eigenvalue weighted by Crippen LogP contribution is -2.42. The number of carbonyl (C=O) groups is 1. The summed E-state index contributed by atoms with van der Waals surface area (Å²) in [6, 6.07) is 8.28. The molecule has 1 aromatic carbocycles. The van der Waals surface area contributed by atoms with Gasteiger partial charge < -0.3 is 19.4 Å². The SMILES string of the molecule is Cc1ccc(C2CN(C(=O)c3c(C)oc4ncnc(NC5(C)CC5)c34)CCO2)cc1. The van der Waals surface area contributed by atoms with E-state index in [2.05, 4.69) is 53.4 Å². The third-order valence-electron chi connectivity index (χ3n) is 6.10. The summed E-state index contributed by atoms with van der Waals surface area (Å²) in [5.74, 6) is 1.17. The van der Waals surface area contributed by atoms with Crippen LogP contribution in [0.2, 0.25) is 0 Å². The van der Waals surface area contributed by atoms with Crippen molar-refractivity contribution < 1.29 is 13.9 Å². The van der Waals surface area contributed by atoms with E-state index in [1.807, 2.05) is 11.8 Å². The number of benzene rings is 1. The number of amides is 1. The molecule has 1 unspecified atom stereocenters. The summed E-state index contributed by atoms with van der Waals surface area (Å²) in [7, 11) is 0. The number of aromatic nitrogens is 2. The number of carbonyl (C=O) groups excluding carboxylic acids is 1. The molecule has 7 heteroatoms. The highest BCUT2D eigenvalue weighted by Crippen LogP contribution is 2.40. The summed E-state index contributed by atoms with van der Waals surface area (Å²) in [6.45, 7) is 7.57. The summed E-state index contributed by atoms with van der Waals surface area (Å²) in [5, 5.41) is 4.15. The predicted molar refractivity (Wildman–Crippen MR) is 114 cm³/mol. The fourth-order valence-electron chi connectivity index (χ4n) is 3.97. The lowest BCUT2D eigenvalue weighted by Gasteiger charge is -2.33. The Morgan fingerprint density at radius 2 is 1.97 bits per heavy atom. The maximum atomic E-state index is 13.6. The van der Waals surface area contributed by atoms with Crippen LogP contribution in [0, 0.1) is 13.8 Å². The zero-order valence-corrected chi connectivity index (χ0v) is 17.6. The average Bonchev–Trinajstić information content (AvgIpc) is 3.36. The van der Waals surface area contributed by atoms with Crippen LogP contribution >= 0.6 is 0 Å². The van der Waals surface area contributed by atoms with Crippen LogP contribution in [0.15, 0.2) is 35.0 Å². The summed E-state index contributed by atoms with van der Waals surface area (Å²) in [5.41, 5.74) is 3.30. The molecule has 2 aliphatic rings. The highest BCUT2D eigenvalue weighted by Gasteiger charge is 2.39. The van der Waals surface area contributed by atoms with Gasteiger partial charge in [-0.2, -0.15) is 0 Å². The molecule has 1 aliphatic carbocycles. The second kappa shape index (κ2) is 7.09. The van der Waals surface area contributed by atoms with E-state index in [4.69, 9.17) is 9.15 Å². The second-order valence-corrected chi connectivity index (χ2v) is 8.64. The number of nitrogens with one attached hydrogen (secondary N) is 1. The average molecular weight is 406 g/mol. The van der Waals surface area contributed by atoms with Gasteiger partial charge in [-0.25, -0.2) is 9.97 Å². The fourth-order valence-corrected chi connectivity index (χ4v) is 3.97. The summed E-state index contributed by atoms with van der Waals surface area (Å²) in [6.07, 6.45) is 3.51. The third-order valence-corrected chi connectivity index (χ3v) is 6.10. The Kier molecular flexibility index (Phi) is 4.50. The molecule has 1 saturated heterocycles. The lowest BCUT2D eigenvalue weighted by molar-refractivity contribution is -0.0228. The first kappa shape index (κ1) is 19.1. The molecule has 2 aromatic heterocycles. The van der Waals surface area contributed by atoms with Gasteiger partial charge in [0.05, 0.1) is 24.1 Å². The van der Waals surface area contributed by atoms with Gasteiger partial charge in [0.1, 0.15) is 24.0 Å². The second-order valence-electron chi connectivity index (χ2n) is 8.64. The predicted octanol–water partition coefficient (Wildman–Crippen LogP) is 4.02. The fraction of sp³-hybridized carbons (Fsp3) is 0.435. The molecular formula is C23H26N4O3. The first-order valence-electron chi connectivity index (χ1n) is 10.4. The van der Waals surface area contributed by atoms with Crippen molar-refractivity contribution in [2.75, 3.05) is 25.0 Å². The normalized spacial score (nSPS) is 20.4. The molecule has 1 aliphatic heterocycles. The molecule has 1 atom stereocenters. The summed E-state index contributed by atoms with van der Waals surface area (Å²) in [4.78, 5) is 24.1. The molecular weight excluding hydrogens is 380 g/mol. The Hall–Kier alpha value is -2.93. The first-order valence-corrected chi connectivity index (χ1v) is 10.4. The van der Waals surface area contributed by atoms with Crippen molar-refractivity contribution in [2.24, 2.45) is 0 Å². The van der Waals surface area contributed by atoms with Crippen LogP contribution in [-0.2, 0) is 4.74 Å². The van der Waals surface area contributed by atoms with E-state index in [-0.39, 0.29) is 17.6 Å². The number of anilines is 1. The van der Waals surface area contributed by atoms with E-state index in [9.17, 15) is 4.79 Å². The van der Waals surface area contributed by atoms with Gasteiger partial charge in [0, 0.05) is 12.1 Å². The number of hydrogen-bond acceptors (Lipinski definition) is 6. The van der Waals surface area contributed by atoms with Gasteiger partial charge in [0.25, 0.3) is 5.91 Å². The number of hydrogen-bond donors (Lipinski definition) is 1. The summed E-state index contributed by atoms with van der Waals surface area (Å²) >= 11 is 0. The van der Waals surface area contributed by atoms with Crippen molar-refractivity contribution in [1.82, 2.24) is 14.9 Å². The molecule has 0 spiro atoms. The van der Waals surface area contributed by atoms with Gasteiger partial charge in [0.15, 0.2) is 0 Å².